The summed E-state index contributed by atoms with van der Waals surface area (Å²) in [4.78, 5) is 0. The first-order valence-corrected chi connectivity index (χ1v) is 32.9. The molecule has 0 radical (unpaired) electrons. The van der Waals surface area contributed by atoms with Crippen molar-refractivity contribution in [1.29, 1.82) is 0 Å². The van der Waals surface area contributed by atoms with Crippen LogP contribution in [0.25, 0.3) is 0 Å². The van der Waals surface area contributed by atoms with E-state index in [1.54, 1.807) is 77.8 Å². The van der Waals surface area contributed by atoms with Crippen molar-refractivity contribution in [3.8, 4) is 0 Å². The molecule has 3 nitrogen and oxygen atoms in total. The van der Waals surface area contributed by atoms with Crippen LogP contribution in [0, 0.1) is 48.5 Å². The number of rotatable bonds is 7. The first-order chi connectivity index (χ1) is 24.8. The predicted octanol–water partition coefficient (Wildman–Crippen LogP) is 5.84. The summed E-state index contributed by atoms with van der Waals surface area (Å²) in [5.41, 5.74) is 10.2. The molecule has 0 N–H and O–H groups in total. The third-order valence-corrected chi connectivity index (χ3v) is 21.0. The summed E-state index contributed by atoms with van der Waals surface area (Å²) >= 11 is 0. The summed E-state index contributed by atoms with van der Waals surface area (Å²) in [5, 5.41) is 39.7. The topological polar surface area (TPSA) is 69.2 Å². The second-order valence-corrected chi connectivity index (χ2v) is 38.7. The zero-order valence-corrected chi connectivity index (χ0v) is 45.2. The fraction of sp³-hybridized carbons (Fsp3) is 0.521. The van der Waals surface area contributed by atoms with E-state index in [1.165, 1.54) is 38.9 Å². The van der Waals surface area contributed by atoms with Gasteiger partial charge in [0, 0.05) is 0 Å². The number of benzene rings is 3. The van der Waals surface area contributed by atoms with E-state index in [-0.39, 0.29) is 21.7 Å². The summed E-state index contributed by atoms with van der Waals surface area (Å²) in [5.74, 6) is 0. The zero-order chi connectivity index (χ0) is 43.2. The van der Waals surface area contributed by atoms with Gasteiger partial charge in [0.05, 0.1) is 24.2 Å². The zero-order valence-electron chi connectivity index (χ0n) is 39.7. The molecule has 0 saturated heterocycles. The van der Waals surface area contributed by atoms with Gasteiger partial charge in [0.25, 0.3) is 0 Å². The van der Waals surface area contributed by atoms with Gasteiger partial charge in [-0.05, 0) is 20.8 Å². The van der Waals surface area contributed by atoms with Crippen LogP contribution in [0.4, 0.5) is 0 Å². The van der Waals surface area contributed by atoms with Crippen LogP contribution in [-0.2, 0) is 21.7 Å². The second kappa shape index (κ2) is 21.6. The third-order valence-electron chi connectivity index (χ3n) is 9.94. The number of hydrogen-bond donors (Lipinski definition) is 0. The van der Waals surface area contributed by atoms with Gasteiger partial charge >= 0.3 is 21.7 Å². The van der Waals surface area contributed by atoms with E-state index in [4.69, 9.17) is 0 Å². The Labute approximate surface area is 364 Å². The molecule has 4 aromatic carbocycles. The minimum atomic E-state index is -2.76. The van der Waals surface area contributed by atoms with Gasteiger partial charge in [-0.25, -0.2) is 0 Å². The fourth-order valence-electron chi connectivity index (χ4n) is 7.01. The van der Waals surface area contributed by atoms with Crippen molar-refractivity contribution >= 4 is 68.6 Å². The molecule has 8 heteroatoms. The smallest absolute Gasteiger partial charge is 0.852 e. The summed E-state index contributed by atoms with van der Waals surface area (Å²) in [7, 11) is -7.49. The molecule has 0 fully saturated rings. The molecular formula is C48H78O3Si4Ti. The van der Waals surface area contributed by atoms with Crippen molar-refractivity contribution in [2.75, 3.05) is 0 Å². The Morgan fingerprint density at radius 2 is 0.554 bits per heavy atom. The Morgan fingerprint density at radius 3 is 0.732 bits per heavy atom. The van der Waals surface area contributed by atoms with Crippen molar-refractivity contribution in [2.24, 2.45) is 0 Å². The largest absolute Gasteiger partial charge is 4.00 e. The van der Waals surface area contributed by atoms with Crippen LogP contribution in [0.15, 0.2) is 54.6 Å². The van der Waals surface area contributed by atoms with Gasteiger partial charge in [0.2, 0.25) is 0 Å². The molecule has 0 aliphatic carbocycles. The van der Waals surface area contributed by atoms with Crippen LogP contribution >= 0.6 is 0 Å². The van der Waals surface area contributed by atoms with Gasteiger partial charge in [0.15, 0.2) is 0 Å². The fourth-order valence-corrected chi connectivity index (χ4v) is 17.0. The van der Waals surface area contributed by atoms with Gasteiger partial charge in [-0.1, -0.05) is 231 Å². The summed E-state index contributed by atoms with van der Waals surface area (Å²) in [6.45, 7) is 48.8. The first-order valence-electron chi connectivity index (χ1n) is 20.4. The average Bonchev–Trinajstić information content (AvgIpc) is 3.17. The molecule has 0 unspecified atom stereocenters. The molecule has 4 rings (SSSR count). The van der Waals surface area contributed by atoms with Crippen molar-refractivity contribution < 1.29 is 37.0 Å². The van der Waals surface area contributed by atoms with Gasteiger partial charge in [-0.15, -0.1) is 23.5 Å². The first kappa shape index (κ1) is 54.5. The normalized spacial score (nSPS) is 12.0. The molecule has 0 aliphatic rings. The summed E-state index contributed by atoms with van der Waals surface area (Å²) < 4.78 is 0. The molecule has 0 heterocycles. The monoisotopic (exact) mass is 862 g/mol. The third kappa shape index (κ3) is 14.9. The maximum absolute atomic E-state index is 9.53. The molecular weight excluding hydrogens is 785 g/mol. The van der Waals surface area contributed by atoms with E-state index in [2.05, 4.69) is 162 Å². The van der Waals surface area contributed by atoms with Crippen LogP contribution in [0.2, 0.25) is 58.9 Å². The van der Waals surface area contributed by atoms with E-state index < -0.39 is 50.6 Å². The standard InChI is InChI=1S/C39H57Si4.3C3H7O.Ti/c1-26-17-33(40(8,9)10)23-36(20-26)43(39-31(6)29(4)30(5)32(39)7,37-21-27(2)18-34(24-37)41(11,12)13)38-22-28(3)19-35(25-38)42(14,15)16;3*1-3(2)4;/h17-25H,1-16H3;3*3H,1-2H3;/q4*-1;+4. The van der Waals surface area contributed by atoms with Gasteiger partial charge < -0.3 is 15.3 Å². The Morgan fingerprint density at radius 1 is 0.375 bits per heavy atom. The number of hydrogen-bond acceptors (Lipinski definition) is 3. The molecule has 0 aromatic heterocycles. The van der Waals surface area contributed by atoms with E-state index in [9.17, 15) is 15.3 Å². The Balaban J connectivity index is 0.00000204. The van der Waals surface area contributed by atoms with E-state index in [0.29, 0.717) is 0 Å². The molecule has 0 amide bonds. The minimum absolute atomic E-state index is 0. The van der Waals surface area contributed by atoms with Crippen LogP contribution in [0.5, 0.6) is 0 Å². The molecule has 4 aromatic rings. The average molecular weight is 863 g/mol. The van der Waals surface area contributed by atoms with Crippen LogP contribution in [-0.4, -0.2) is 50.6 Å². The van der Waals surface area contributed by atoms with Gasteiger partial charge in [-0.3, -0.25) is 0 Å². The molecule has 0 saturated carbocycles. The van der Waals surface area contributed by atoms with Gasteiger partial charge in [-0.2, -0.15) is 22.3 Å². The van der Waals surface area contributed by atoms with E-state index in [0.717, 1.165) is 0 Å². The predicted molar refractivity (Wildman–Crippen MR) is 253 cm³/mol. The van der Waals surface area contributed by atoms with Gasteiger partial charge in [0.1, 0.15) is 8.07 Å². The summed E-state index contributed by atoms with van der Waals surface area (Å²) in [6.07, 6.45) is -1.25. The van der Waals surface area contributed by atoms with Crippen molar-refractivity contribution in [3.63, 3.8) is 0 Å². The van der Waals surface area contributed by atoms with Crippen LogP contribution in [0.1, 0.15) is 80.5 Å². The molecule has 0 spiro atoms. The summed E-state index contributed by atoms with van der Waals surface area (Å²) in [6, 6.07) is 23.2. The van der Waals surface area contributed by atoms with E-state index in [1.807, 2.05) is 0 Å². The quantitative estimate of drug-likeness (QED) is 0.133. The van der Waals surface area contributed by atoms with Crippen molar-refractivity contribution in [2.45, 2.75) is 167 Å². The minimum Gasteiger partial charge on any atom is -0.852 e. The molecule has 56 heavy (non-hydrogen) atoms. The maximum Gasteiger partial charge on any atom is 4.00 e. The molecule has 0 aliphatic heterocycles. The Kier molecular flexibility index (Phi) is 21.1. The van der Waals surface area contributed by atoms with Crippen molar-refractivity contribution in [1.82, 2.24) is 0 Å². The Hall–Kier alpha value is -1.53. The van der Waals surface area contributed by atoms with E-state index >= 15 is 0 Å². The SMILES string of the molecule is CC(C)[O-].CC(C)[O-].CC(C)[O-].Cc1cc([Si](C)(C)C)cc([Si](c2cc(C)cc([Si](C)(C)C)c2)(c2cc(C)cc([Si](C)(C)C)c2)[c-]2c(C)c(C)c(C)c2C)c1.[Ti+4]. The van der Waals surface area contributed by atoms with Crippen LogP contribution in [0.3, 0.4) is 0 Å². The van der Waals surface area contributed by atoms with Crippen LogP contribution < -0.4 is 51.6 Å². The Bertz CT molecular complexity index is 1650. The molecule has 308 valence electrons. The molecule has 0 bridgehead atoms. The molecule has 0 atom stereocenters. The maximum atomic E-state index is 9.53. The van der Waals surface area contributed by atoms with Crippen molar-refractivity contribution in [3.05, 3.63) is 93.5 Å². The number of aryl methyl sites for hydroxylation is 3. The second-order valence-electron chi connectivity index (χ2n) is 19.8.